The van der Waals surface area contributed by atoms with E-state index in [9.17, 15) is 0 Å². The molecular formula is C11H21. The van der Waals surface area contributed by atoms with Crippen LogP contribution < -0.4 is 0 Å². The van der Waals surface area contributed by atoms with Gasteiger partial charge in [0.25, 0.3) is 0 Å². The van der Waals surface area contributed by atoms with Crippen molar-refractivity contribution >= 4 is 0 Å². The summed E-state index contributed by atoms with van der Waals surface area (Å²) >= 11 is 0. The minimum absolute atomic E-state index is 0.975. The summed E-state index contributed by atoms with van der Waals surface area (Å²) in [4.78, 5) is 0. The summed E-state index contributed by atoms with van der Waals surface area (Å²) in [6.07, 6.45) is 10.1. The second kappa shape index (κ2) is 4.79. The molecule has 1 atom stereocenters. The first-order valence-corrected chi connectivity index (χ1v) is 5.17. The van der Waals surface area contributed by atoms with Gasteiger partial charge in [-0.3, -0.25) is 0 Å². The highest BCUT2D eigenvalue weighted by atomic mass is 14.2. The normalized spacial score (nSPS) is 28.4. The molecule has 1 radical (unpaired) electrons. The summed E-state index contributed by atoms with van der Waals surface area (Å²) in [5.41, 5.74) is 0. The van der Waals surface area contributed by atoms with Gasteiger partial charge in [-0.25, -0.2) is 0 Å². The van der Waals surface area contributed by atoms with Crippen LogP contribution in [-0.2, 0) is 0 Å². The van der Waals surface area contributed by atoms with Crippen molar-refractivity contribution < 1.29 is 0 Å². The maximum absolute atomic E-state index is 2.37. The van der Waals surface area contributed by atoms with E-state index in [4.69, 9.17) is 0 Å². The van der Waals surface area contributed by atoms with Crippen LogP contribution in [0.4, 0.5) is 0 Å². The van der Waals surface area contributed by atoms with E-state index in [1.807, 2.05) is 0 Å². The Labute approximate surface area is 71.4 Å². The summed E-state index contributed by atoms with van der Waals surface area (Å²) in [5, 5.41) is 0. The van der Waals surface area contributed by atoms with Crippen LogP contribution in [-0.4, -0.2) is 0 Å². The fraction of sp³-hybridized carbons (Fsp3) is 0.909. The Morgan fingerprint density at radius 2 is 2.09 bits per heavy atom. The van der Waals surface area contributed by atoms with E-state index in [1.165, 1.54) is 44.9 Å². The molecule has 1 aliphatic rings. The third kappa shape index (κ3) is 2.84. The summed E-state index contributed by atoms with van der Waals surface area (Å²) in [6, 6.07) is 0. The third-order valence-electron chi connectivity index (χ3n) is 2.96. The monoisotopic (exact) mass is 153 g/mol. The summed E-state index contributed by atoms with van der Waals surface area (Å²) in [5.74, 6) is 2.76. The molecule has 1 unspecified atom stereocenters. The van der Waals surface area contributed by atoms with Gasteiger partial charge in [0.2, 0.25) is 0 Å². The molecule has 0 aliphatic heterocycles. The molecule has 1 rings (SSSR count). The maximum Gasteiger partial charge on any atom is -0.0241 e. The van der Waals surface area contributed by atoms with Crippen LogP contribution >= 0.6 is 0 Å². The Kier molecular flexibility index (Phi) is 3.96. The summed E-state index contributed by atoms with van der Waals surface area (Å²) in [7, 11) is 0. The Hall–Kier alpha value is 0. The molecule has 1 fully saturated rings. The Morgan fingerprint density at radius 1 is 1.27 bits per heavy atom. The summed E-state index contributed by atoms with van der Waals surface area (Å²) in [6.45, 7) is 4.67. The Bertz CT molecular complexity index is 96.2. The van der Waals surface area contributed by atoms with Crippen LogP contribution in [0.1, 0.15) is 58.8 Å². The molecule has 1 saturated carbocycles. The minimum Gasteiger partial charge on any atom is -0.0654 e. The highest BCUT2D eigenvalue weighted by Crippen LogP contribution is 2.32. The van der Waals surface area contributed by atoms with E-state index in [-0.39, 0.29) is 0 Å². The standard InChI is InChI=1S/C11H21/c1-3-7-11-9-6-4-5-8-10(11)2/h11H,3-9H2,1-2H3. The third-order valence-corrected chi connectivity index (χ3v) is 2.96. The fourth-order valence-electron chi connectivity index (χ4n) is 2.16. The van der Waals surface area contributed by atoms with E-state index < -0.39 is 0 Å². The quantitative estimate of drug-likeness (QED) is 0.527. The Balaban J connectivity index is 2.32. The molecule has 0 aromatic carbocycles. The lowest BCUT2D eigenvalue weighted by Crippen LogP contribution is -2.07. The van der Waals surface area contributed by atoms with E-state index in [0.717, 1.165) is 5.92 Å². The second-order valence-corrected chi connectivity index (χ2v) is 3.93. The molecule has 0 saturated heterocycles. The van der Waals surface area contributed by atoms with Crippen molar-refractivity contribution in [1.82, 2.24) is 0 Å². The highest BCUT2D eigenvalue weighted by molar-refractivity contribution is 4.93. The topological polar surface area (TPSA) is 0 Å². The molecule has 0 aromatic heterocycles. The molecule has 1 aliphatic carbocycles. The van der Waals surface area contributed by atoms with Crippen LogP contribution in [0.15, 0.2) is 0 Å². The van der Waals surface area contributed by atoms with E-state index in [2.05, 4.69) is 13.8 Å². The zero-order chi connectivity index (χ0) is 8.10. The van der Waals surface area contributed by atoms with Gasteiger partial charge in [-0.2, -0.15) is 0 Å². The van der Waals surface area contributed by atoms with Crippen LogP contribution in [0.2, 0.25) is 0 Å². The van der Waals surface area contributed by atoms with Crippen LogP contribution in [0.3, 0.4) is 0 Å². The van der Waals surface area contributed by atoms with Crippen LogP contribution in [0.25, 0.3) is 0 Å². The zero-order valence-corrected chi connectivity index (χ0v) is 8.03. The molecule has 0 heteroatoms. The average molecular weight is 153 g/mol. The molecule has 0 amide bonds. The maximum atomic E-state index is 2.37. The zero-order valence-electron chi connectivity index (χ0n) is 8.03. The molecule has 0 nitrogen and oxygen atoms in total. The SMILES string of the molecule is CCCC1CCCCC[C]1C. The van der Waals surface area contributed by atoms with Crippen molar-refractivity contribution in [2.45, 2.75) is 58.8 Å². The molecule has 0 N–H and O–H groups in total. The van der Waals surface area contributed by atoms with Gasteiger partial charge in [0, 0.05) is 0 Å². The number of rotatable bonds is 2. The molecule has 0 spiro atoms. The van der Waals surface area contributed by atoms with Crippen LogP contribution in [0, 0.1) is 11.8 Å². The molecule has 0 heterocycles. The largest absolute Gasteiger partial charge is 0.0654 e. The predicted molar refractivity (Wildman–Crippen MR) is 50.4 cm³/mol. The van der Waals surface area contributed by atoms with Crippen molar-refractivity contribution in [3.05, 3.63) is 5.92 Å². The molecule has 11 heavy (non-hydrogen) atoms. The van der Waals surface area contributed by atoms with Gasteiger partial charge >= 0.3 is 0 Å². The number of hydrogen-bond acceptors (Lipinski definition) is 0. The minimum atomic E-state index is 0.975. The van der Waals surface area contributed by atoms with E-state index in [0.29, 0.717) is 0 Å². The van der Waals surface area contributed by atoms with Crippen molar-refractivity contribution in [3.63, 3.8) is 0 Å². The Morgan fingerprint density at radius 3 is 2.82 bits per heavy atom. The van der Waals surface area contributed by atoms with Gasteiger partial charge < -0.3 is 0 Å². The van der Waals surface area contributed by atoms with Gasteiger partial charge in [-0.05, 0) is 24.7 Å². The van der Waals surface area contributed by atoms with Crippen molar-refractivity contribution in [1.29, 1.82) is 0 Å². The van der Waals surface area contributed by atoms with E-state index >= 15 is 0 Å². The number of hydrogen-bond donors (Lipinski definition) is 0. The first-order valence-electron chi connectivity index (χ1n) is 5.17. The van der Waals surface area contributed by atoms with Crippen LogP contribution in [0.5, 0.6) is 0 Å². The lowest BCUT2D eigenvalue weighted by atomic mass is 9.86. The van der Waals surface area contributed by atoms with Crippen molar-refractivity contribution in [2.24, 2.45) is 5.92 Å². The first-order chi connectivity index (χ1) is 5.34. The van der Waals surface area contributed by atoms with Gasteiger partial charge in [0.1, 0.15) is 0 Å². The molecule has 65 valence electrons. The van der Waals surface area contributed by atoms with Crippen molar-refractivity contribution in [3.8, 4) is 0 Å². The molecule has 0 bridgehead atoms. The summed E-state index contributed by atoms with van der Waals surface area (Å²) < 4.78 is 0. The van der Waals surface area contributed by atoms with Gasteiger partial charge in [0.05, 0.1) is 0 Å². The lowest BCUT2D eigenvalue weighted by molar-refractivity contribution is 0.457. The van der Waals surface area contributed by atoms with Gasteiger partial charge in [-0.15, -0.1) is 0 Å². The fourth-order valence-corrected chi connectivity index (χ4v) is 2.16. The molecular weight excluding hydrogens is 132 g/mol. The van der Waals surface area contributed by atoms with Crippen molar-refractivity contribution in [2.75, 3.05) is 0 Å². The predicted octanol–water partition coefficient (Wildman–Crippen LogP) is 3.96. The first kappa shape index (κ1) is 9.09. The second-order valence-electron chi connectivity index (χ2n) is 3.93. The smallest absolute Gasteiger partial charge is 0.0241 e. The lowest BCUT2D eigenvalue weighted by Gasteiger charge is -2.19. The van der Waals surface area contributed by atoms with Gasteiger partial charge in [-0.1, -0.05) is 46.0 Å². The molecule has 0 aromatic rings. The van der Waals surface area contributed by atoms with Gasteiger partial charge in [0.15, 0.2) is 0 Å². The van der Waals surface area contributed by atoms with E-state index in [1.54, 1.807) is 5.92 Å². The average Bonchev–Trinajstić information content (AvgIpc) is 2.18. The highest BCUT2D eigenvalue weighted by Gasteiger charge is 2.18.